The van der Waals surface area contributed by atoms with Gasteiger partial charge in [0.25, 0.3) is 0 Å². The van der Waals surface area contributed by atoms with Crippen LogP contribution >= 0.6 is 0 Å². The molecular weight excluding hydrogens is 116 g/mol. The molecule has 0 aliphatic heterocycles. The first-order valence-corrected chi connectivity index (χ1v) is 0.814. The minimum Gasteiger partial charge on any atom is -1.00 e. The van der Waals surface area contributed by atoms with E-state index >= 15 is 0 Å². The van der Waals surface area contributed by atoms with E-state index in [-0.39, 0.29) is 40.6 Å². The summed E-state index contributed by atoms with van der Waals surface area (Å²) in [6.45, 7) is 0. The van der Waals surface area contributed by atoms with Crippen LogP contribution in [0.25, 0.3) is 0 Å². The number of hydrogen-bond donors (Lipinski definition) is 2. The van der Waals surface area contributed by atoms with Crippen molar-refractivity contribution < 1.29 is 22.9 Å². The second kappa shape index (κ2) is 5.49. The Kier molecular flexibility index (Phi) is 8.88. The summed E-state index contributed by atoms with van der Waals surface area (Å²) in [7, 11) is 0. The van der Waals surface area contributed by atoms with Gasteiger partial charge in [-0.3, -0.25) is 4.89 Å². The van der Waals surface area contributed by atoms with E-state index in [1.54, 1.807) is 0 Å². The molecule has 0 amide bonds. The molecule has 0 radical (unpaired) electrons. The Morgan fingerprint density at radius 1 is 1.83 bits per heavy atom. The first-order chi connectivity index (χ1) is 2.27. The van der Waals surface area contributed by atoms with Crippen molar-refractivity contribution in [2.45, 2.75) is 0 Å². The van der Waals surface area contributed by atoms with Gasteiger partial charge in [-0.25, -0.2) is 4.79 Å². The van der Waals surface area contributed by atoms with Crippen LogP contribution in [0.1, 0.15) is 2.85 Å². The molecule has 0 bridgehead atoms. The fourth-order valence-electron chi connectivity index (χ4n) is 0. The van der Waals surface area contributed by atoms with Gasteiger partial charge in [0.2, 0.25) is 0 Å². The molecule has 0 aromatic heterocycles. The maximum absolute atomic E-state index is 8.90. The van der Waals surface area contributed by atoms with Crippen LogP contribution in [0.15, 0.2) is 0 Å². The molecule has 0 atom stereocenters. The van der Waals surface area contributed by atoms with E-state index in [9.17, 15) is 0 Å². The number of carbonyl (C=O) groups is 1. The first kappa shape index (κ1) is 9.70. The van der Waals surface area contributed by atoms with Gasteiger partial charge in [0.1, 0.15) is 0 Å². The van der Waals surface area contributed by atoms with Crippen molar-refractivity contribution in [3.8, 4) is 0 Å². The third-order valence-corrected chi connectivity index (χ3v) is 0.0781. The van der Waals surface area contributed by atoms with Crippen molar-refractivity contribution in [3.05, 3.63) is 0 Å². The van der Waals surface area contributed by atoms with Crippen LogP contribution in [-0.2, 0) is 4.89 Å². The van der Waals surface area contributed by atoms with E-state index in [0.29, 0.717) is 0 Å². The van der Waals surface area contributed by atoms with Crippen molar-refractivity contribution >= 4 is 43.9 Å². The van der Waals surface area contributed by atoms with Crippen molar-refractivity contribution in [2.75, 3.05) is 0 Å². The fraction of sp³-hybridized carbons (Fsp3) is 0. The van der Waals surface area contributed by atoms with E-state index in [4.69, 9.17) is 15.2 Å². The minimum atomic E-state index is -1.69. The maximum Gasteiger partial charge on any atom is 2.00 e. The third-order valence-electron chi connectivity index (χ3n) is 0.0781. The summed E-state index contributed by atoms with van der Waals surface area (Å²) in [5.74, 6) is 0. The van der Waals surface area contributed by atoms with E-state index < -0.39 is 6.16 Å². The Bertz CT molecular complexity index is 49.3. The predicted octanol–water partition coefficient (Wildman–Crippen LogP) is -0.00180. The van der Waals surface area contributed by atoms with Gasteiger partial charge in [0.15, 0.2) is 0 Å². The van der Waals surface area contributed by atoms with Crippen molar-refractivity contribution in [2.24, 2.45) is 0 Å². The summed E-state index contributed by atoms with van der Waals surface area (Å²) in [5.41, 5.74) is 0. The Hall–Kier alpha value is 0.490. The van der Waals surface area contributed by atoms with Crippen LogP contribution < -0.4 is 0 Å². The minimum absolute atomic E-state index is 0. The van der Waals surface area contributed by atoms with Crippen LogP contribution in [0.5, 0.6) is 0 Å². The Morgan fingerprint density at radius 3 is 2.00 bits per heavy atom. The van der Waals surface area contributed by atoms with Gasteiger partial charge in [-0.1, -0.05) is 0 Å². The molecule has 0 unspecified atom stereocenters. The molecule has 34 valence electrons. The summed E-state index contributed by atoms with van der Waals surface area (Å²) in [4.78, 5) is 11.6. The van der Waals surface area contributed by atoms with Gasteiger partial charge in [-0.05, 0) is 0 Å². The molecule has 0 aliphatic carbocycles. The van der Waals surface area contributed by atoms with Gasteiger partial charge in [-0.15, -0.1) is 0 Å². The van der Waals surface area contributed by atoms with Crippen LogP contribution in [0, 0.1) is 0 Å². The molecule has 0 aliphatic rings. The predicted molar refractivity (Wildman–Crippen MR) is 19.7 cm³/mol. The summed E-state index contributed by atoms with van der Waals surface area (Å²) in [6.07, 6.45) is -1.69. The standard InChI is InChI=1S/CH2O4.Ca.2H/c2-1(3)5-4;;;/h4H,(H,2,3);;;/q;+2;2*-1. The molecule has 2 N–H and O–H groups in total. The van der Waals surface area contributed by atoms with E-state index in [1.807, 2.05) is 0 Å². The zero-order valence-electron chi connectivity index (χ0n) is 4.92. The third kappa shape index (κ3) is 8.82. The number of hydrogen-bond acceptors (Lipinski definition) is 3. The average Bonchev–Trinajstić information content (AvgIpc) is 1.38. The second-order valence-corrected chi connectivity index (χ2v) is 0.357. The second-order valence-electron chi connectivity index (χ2n) is 0.357. The quantitative estimate of drug-likeness (QED) is 0.268. The summed E-state index contributed by atoms with van der Waals surface area (Å²) >= 11 is 0. The van der Waals surface area contributed by atoms with Gasteiger partial charge < -0.3 is 7.96 Å². The van der Waals surface area contributed by atoms with Crippen LogP contribution in [-0.4, -0.2) is 54.3 Å². The van der Waals surface area contributed by atoms with Crippen molar-refractivity contribution in [1.82, 2.24) is 0 Å². The Balaban J connectivity index is -0.0000000267. The van der Waals surface area contributed by atoms with Crippen molar-refractivity contribution in [3.63, 3.8) is 0 Å². The number of carboxylic acid groups (broad SMARTS) is 1. The summed E-state index contributed by atoms with van der Waals surface area (Å²) in [5, 5.41) is 14.3. The molecule has 0 saturated carbocycles. The average molecular weight is 120 g/mol. The summed E-state index contributed by atoms with van der Waals surface area (Å²) < 4.78 is 0. The molecule has 4 nitrogen and oxygen atoms in total. The molecule has 0 aromatic carbocycles. The van der Waals surface area contributed by atoms with Crippen LogP contribution in [0.4, 0.5) is 4.79 Å². The van der Waals surface area contributed by atoms with Gasteiger partial charge in [-0.2, -0.15) is 5.26 Å². The smallest absolute Gasteiger partial charge is 1.00 e. The Morgan fingerprint density at radius 2 is 2.00 bits per heavy atom. The van der Waals surface area contributed by atoms with Gasteiger partial charge in [0.05, 0.1) is 0 Å². The van der Waals surface area contributed by atoms with Gasteiger partial charge >= 0.3 is 43.9 Å². The first-order valence-electron chi connectivity index (χ1n) is 0.814. The topological polar surface area (TPSA) is 66.8 Å². The molecule has 0 saturated heterocycles. The molecule has 6 heavy (non-hydrogen) atoms. The number of rotatable bonds is 0. The SMILES string of the molecule is O=C(O)OO.[Ca+2].[H-].[H-]. The molecule has 5 heteroatoms. The molecule has 0 heterocycles. The van der Waals surface area contributed by atoms with Crippen molar-refractivity contribution in [1.29, 1.82) is 0 Å². The monoisotopic (exact) mass is 120 g/mol. The summed E-state index contributed by atoms with van der Waals surface area (Å²) in [6, 6.07) is 0. The van der Waals surface area contributed by atoms with Crippen LogP contribution in [0.2, 0.25) is 0 Å². The normalized spacial score (nSPS) is 5.50. The largest absolute Gasteiger partial charge is 2.00 e. The van der Waals surface area contributed by atoms with E-state index in [0.717, 1.165) is 0 Å². The molecule has 0 spiro atoms. The van der Waals surface area contributed by atoms with Crippen LogP contribution in [0.3, 0.4) is 0 Å². The Labute approximate surface area is 66.6 Å². The molecular formula is CH4CaO4. The fourth-order valence-corrected chi connectivity index (χ4v) is 0. The molecule has 0 rings (SSSR count). The van der Waals surface area contributed by atoms with E-state index in [1.165, 1.54) is 0 Å². The van der Waals surface area contributed by atoms with Gasteiger partial charge in [0, 0.05) is 0 Å². The zero-order chi connectivity index (χ0) is 4.28. The maximum atomic E-state index is 8.90. The van der Waals surface area contributed by atoms with E-state index in [2.05, 4.69) is 4.89 Å². The molecule has 0 aromatic rings. The molecule has 0 fully saturated rings. The zero-order valence-corrected chi connectivity index (χ0v) is 5.13.